The van der Waals surface area contributed by atoms with Crippen LogP contribution in [0.2, 0.25) is 5.02 Å². The number of hydrogen-bond acceptors (Lipinski definition) is 4. The Balaban J connectivity index is 2.17. The van der Waals surface area contributed by atoms with Gasteiger partial charge in [0.25, 0.3) is 5.91 Å². The van der Waals surface area contributed by atoms with Gasteiger partial charge in [-0.1, -0.05) is 42.8 Å². The first-order valence-corrected chi connectivity index (χ1v) is 10.3. The normalized spacial score (nSPS) is 12.6. The molecule has 1 N–H and O–H groups in total. The molecule has 0 unspecified atom stereocenters. The van der Waals surface area contributed by atoms with Crippen LogP contribution in [0, 0.1) is 0 Å². The number of carbonyl (C=O) groups is 2. The molecule has 0 aliphatic rings. The third-order valence-corrected chi connectivity index (χ3v) is 5.11. The van der Waals surface area contributed by atoms with Crippen LogP contribution >= 0.6 is 11.6 Å². The molecule has 0 spiro atoms. The maximum atomic E-state index is 13.0. The molecule has 7 heteroatoms. The van der Waals surface area contributed by atoms with Crippen LogP contribution in [0.15, 0.2) is 48.5 Å². The van der Waals surface area contributed by atoms with Crippen molar-refractivity contribution in [2.45, 2.75) is 45.8 Å². The van der Waals surface area contributed by atoms with Crippen LogP contribution in [0.1, 0.15) is 32.8 Å². The summed E-state index contributed by atoms with van der Waals surface area (Å²) < 4.78 is 11.0. The van der Waals surface area contributed by atoms with Crippen molar-refractivity contribution in [2.75, 3.05) is 13.7 Å². The minimum atomic E-state index is -0.663. The molecule has 162 valence electrons. The van der Waals surface area contributed by atoms with Gasteiger partial charge in [-0.25, -0.2) is 0 Å². The van der Waals surface area contributed by atoms with Crippen molar-refractivity contribution in [3.8, 4) is 11.5 Å². The number of nitrogens with zero attached hydrogens (tertiary/aromatic N) is 1. The number of para-hydroxylation sites is 2. The second kappa shape index (κ2) is 11.5. The van der Waals surface area contributed by atoms with E-state index in [1.807, 2.05) is 32.0 Å². The van der Waals surface area contributed by atoms with Gasteiger partial charge in [-0.05, 0) is 50.1 Å². The first-order chi connectivity index (χ1) is 14.3. The molecule has 0 radical (unpaired) electrons. The Morgan fingerprint density at radius 1 is 1.07 bits per heavy atom. The highest BCUT2D eigenvalue weighted by Crippen LogP contribution is 2.26. The number of nitrogens with one attached hydrogen (secondary N) is 1. The van der Waals surface area contributed by atoms with Gasteiger partial charge in [0.2, 0.25) is 5.91 Å². The third kappa shape index (κ3) is 6.66. The minimum Gasteiger partial charge on any atom is -0.493 e. The standard InChI is InChI=1S/C23H29ClN2O4/c1-5-16(2)25-23(28)17(3)26(14-18-10-12-19(24)13-11-18)22(27)15-30-21-9-7-6-8-20(21)29-4/h6-13,16-17H,5,14-15H2,1-4H3,(H,25,28)/t16-,17-/m0/s1. The van der Waals surface area contributed by atoms with E-state index in [9.17, 15) is 9.59 Å². The van der Waals surface area contributed by atoms with E-state index in [0.717, 1.165) is 12.0 Å². The number of benzene rings is 2. The highest BCUT2D eigenvalue weighted by molar-refractivity contribution is 6.30. The van der Waals surface area contributed by atoms with E-state index in [2.05, 4.69) is 5.32 Å². The zero-order valence-electron chi connectivity index (χ0n) is 17.9. The lowest BCUT2D eigenvalue weighted by molar-refractivity contribution is -0.142. The highest BCUT2D eigenvalue weighted by Gasteiger charge is 2.27. The van der Waals surface area contributed by atoms with E-state index >= 15 is 0 Å². The van der Waals surface area contributed by atoms with E-state index in [4.69, 9.17) is 21.1 Å². The van der Waals surface area contributed by atoms with E-state index in [-0.39, 0.29) is 31.0 Å². The summed E-state index contributed by atoms with van der Waals surface area (Å²) in [4.78, 5) is 27.2. The van der Waals surface area contributed by atoms with Crippen molar-refractivity contribution in [3.05, 3.63) is 59.1 Å². The molecular formula is C23H29ClN2O4. The average molecular weight is 433 g/mol. The Morgan fingerprint density at radius 2 is 1.70 bits per heavy atom. The summed E-state index contributed by atoms with van der Waals surface area (Å²) in [5.74, 6) is 0.500. The van der Waals surface area contributed by atoms with E-state index in [0.29, 0.717) is 16.5 Å². The number of ether oxygens (including phenoxy) is 2. The van der Waals surface area contributed by atoms with Gasteiger partial charge in [0.05, 0.1) is 7.11 Å². The molecule has 6 nitrogen and oxygen atoms in total. The Hall–Kier alpha value is -2.73. The SMILES string of the molecule is CC[C@H](C)NC(=O)[C@H](C)N(Cc1ccc(Cl)cc1)C(=O)COc1ccccc1OC. The molecule has 2 amide bonds. The average Bonchev–Trinajstić information content (AvgIpc) is 2.76. The Morgan fingerprint density at radius 3 is 2.30 bits per heavy atom. The maximum absolute atomic E-state index is 13.0. The van der Waals surface area contributed by atoms with Crippen molar-refractivity contribution in [2.24, 2.45) is 0 Å². The molecule has 0 saturated carbocycles. The highest BCUT2D eigenvalue weighted by atomic mass is 35.5. The number of methoxy groups -OCH3 is 1. The quantitative estimate of drug-likeness (QED) is 0.614. The van der Waals surface area contributed by atoms with Gasteiger partial charge in [0, 0.05) is 17.6 Å². The number of carbonyl (C=O) groups excluding carboxylic acids is 2. The van der Waals surface area contributed by atoms with Crippen molar-refractivity contribution < 1.29 is 19.1 Å². The lowest BCUT2D eigenvalue weighted by Crippen LogP contribution is -2.50. The molecule has 0 fully saturated rings. The monoisotopic (exact) mass is 432 g/mol. The van der Waals surface area contributed by atoms with Crippen molar-refractivity contribution >= 4 is 23.4 Å². The molecule has 0 saturated heterocycles. The molecule has 0 heterocycles. The van der Waals surface area contributed by atoms with Crippen LogP contribution in [0.4, 0.5) is 0 Å². The molecular weight excluding hydrogens is 404 g/mol. The zero-order valence-corrected chi connectivity index (χ0v) is 18.6. The number of rotatable bonds is 10. The minimum absolute atomic E-state index is 0.0252. The summed E-state index contributed by atoms with van der Waals surface area (Å²) in [6.07, 6.45) is 0.806. The predicted molar refractivity (Wildman–Crippen MR) is 118 cm³/mol. The fraction of sp³-hybridized carbons (Fsp3) is 0.391. The summed E-state index contributed by atoms with van der Waals surface area (Å²) in [5.41, 5.74) is 0.869. The Kier molecular flexibility index (Phi) is 8.99. The molecule has 0 aromatic heterocycles. The van der Waals surface area contributed by atoms with E-state index in [1.54, 1.807) is 37.3 Å². The van der Waals surface area contributed by atoms with Crippen LogP contribution in [0.5, 0.6) is 11.5 Å². The van der Waals surface area contributed by atoms with Crippen LogP contribution in [0.3, 0.4) is 0 Å². The molecule has 0 bridgehead atoms. The zero-order chi connectivity index (χ0) is 22.1. The second-order valence-corrected chi connectivity index (χ2v) is 7.52. The van der Waals surface area contributed by atoms with Crippen molar-refractivity contribution in [3.63, 3.8) is 0 Å². The smallest absolute Gasteiger partial charge is 0.261 e. The van der Waals surface area contributed by atoms with Crippen LogP contribution in [-0.2, 0) is 16.1 Å². The van der Waals surface area contributed by atoms with E-state index < -0.39 is 6.04 Å². The summed E-state index contributed by atoms with van der Waals surface area (Å²) in [5, 5.41) is 3.55. The van der Waals surface area contributed by atoms with Crippen LogP contribution in [-0.4, -0.2) is 42.5 Å². The van der Waals surface area contributed by atoms with Crippen LogP contribution < -0.4 is 14.8 Å². The van der Waals surface area contributed by atoms with Gasteiger partial charge in [-0.2, -0.15) is 0 Å². The van der Waals surface area contributed by atoms with Gasteiger partial charge in [-0.3, -0.25) is 9.59 Å². The Bertz CT molecular complexity index is 841. The van der Waals surface area contributed by atoms with Gasteiger partial charge >= 0.3 is 0 Å². The van der Waals surface area contributed by atoms with Gasteiger partial charge in [-0.15, -0.1) is 0 Å². The molecule has 2 aromatic carbocycles. The first-order valence-electron chi connectivity index (χ1n) is 9.95. The lowest BCUT2D eigenvalue weighted by Gasteiger charge is -2.29. The van der Waals surface area contributed by atoms with Gasteiger partial charge < -0.3 is 19.7 Å². The second-order valence-electron chi connectivity index (χ2n) is 7.08. The fourth-order valence-electron chi connectivity index (χ4n) is 2.80. The third-order valence-electron chi connectivity index (χ3n) is 4.85. The van der Waals surface area contributed by atoms with Gasteiger partial charge in [0.15, 0.2) is 18.1 Å². The predicted octanol–water partition coefficient (Wildman–Crippen LogP) is 4.06. The molecule has 0 aliphatic carbocycles. The number of halogens is 1. The number of hydrogen-bond donors (Lipinski definition) is 1. The summed E-state index contributed by atoms with van der Waals surface area (Å²) >= 11 is 5.97. The first kappa shape index (κ1) is 23.5. The Labute approximate surface area is 183 Å². The fourth-order valence-corrected chi connectivity index (χ4v) is 2.92. The van der Waals surface area contributed by atoms with Crippen LogP contribution in [0.25, 0.3) is 0 Å². The topological polar surface area (TPSA) is 67.9 Å². The number of amides is 2. The summed E-state index contributed by atoms with van der Waals surface area (Å²) in [6.45, 7) is 5.69. The summed E-state index contributed by atoms with van der Waals surface area (Å²) in [6, 6.07) is 13.7. The molecule has 2 aromatic rings. The van der Waals surface area contributed by atoms with Gasteiger partial charge in [0.1, 0.15) is 6.04 Å². The summed E-state index contributed by atoms with van der Waals surface area (Å²) in [7, 11) is 1.54. The maximum Gasteiger partial charge on any atom is 0.261 e. The molecule has 0 aliphatic heterocycles. The van der Waals surface area contributed by atoms with Crippen molar-refractivity contribution in [1.82, 2.24) is 10.2 Å². The molecule has 2 atom stereocenters. The largest absolute Gasteiger partial charge is 0.493 e. The van der Waals surface area contributed by atoms with E-state index in [1.165, 1.54) is 12.0 Å². The molecule has 30 heavy (non-hydrogen) atoms. The van der Waals surface area contributed by atoms with Crippen molar-refractivity contribution in [1.29, 1.82) is 0 Å². The lowest BCUT2D eigenvalue weighted by atomic mass is 10.1. The molecule has 2 rings (SSSR count).